The first-order valence-corrected chi connectivity index (χ1v) is 7.15. The van der Waals surface area contributed by atoms with Gasteiger partial charge in [-0.2, -0.15) is 0 Å². The van der Waals surface area contributed by atoms with Gasteiger partial charge in [0.15, 0.2) is 0 Å². The highest BCUT2D eigenvalue weighted by atomic mass is 16.5. The van der Waals surface area contributed by atoms with E-state index in [0.29, 0.717) is 6.61 Å². The lowest BCUT2D eigenvalue weighted by molar-refractivity contribution is 0.320. The summed E-state index contributed by atoms with van der Waals surface area (Å²) < 4.78 is 5.86. The molecule has 0 saturated heterocycles. The molecule has 3 aromatic carbocycles. The molecule has 0 aromatic heterocycles. The van der Waals surface area contributed by atoms with Crippen LogP contribution in [0.1, 0.15) is 17.2 Å². The zero-order valence-electron chi connectivity index (χ0n) is 11.6. The van der Waals surface area contributed by atoms with E-state index in [2.05, 4.69) is 54.6 Å². The van der Waals surface area contributed by atoms with Crippen LogP contribution in [0.25, 0.3) is 10.8 Å². The van der Waals surface area contributed by atoms with Crippen molar-refractivity contribution >= 4 is 16.7 Å². The number of rotatable bonds is 2. The van der Waals surface area contributed by atoms with Gasteiger partial charge < -0.3 is 4.74 Å². The molecule has 0 fully saturated rings. The molecule has 1 unspecified atom stereocenters. The van der Waals surface area contributed by atoms with E-state index in [9.17, 15) is 0 Å². The Hall–Kier alpha value is -2.61. The van der Waals surface area contributed by atoms with Gasteiger partial charge in [0.25, 0.3) is 0 Å². The van der Waals surface area contributed by atoms with Crippen molar-refractivity contribution in [2.75, 3.05) is 6.61 Å². The molecule has 1 aliphatic rings. The van der Waals surface area contributed by atoms with Gasteiger partial charge in [0.05, 0.1) is 0 Å². The first-order chi connectivity index (χ1) is 10.4. The van der Waals surface area contributed by atoms with E-state index in [1.165, 1.54) is 16.3 Å². The minimum atomic E-state index is 0.0974. The standard InChI is InChI=1S/C19H15NO/c1-2-8-15(9-3-1)18-13-21-19(20-18)17-12-6-10-14-7-4-5-11-16(14)17/h1-12,18H,13H2. The molecule has 0 radical (unpaired) electrons. The van der Waals surface area contributed by atoms with E-state index in [1.807, 2.05) is 18.2 Å². The second kappa shape index (κ2) is 5.06. The smallest absolute Gasteiger partial charge is 0.217 e. The van der Waals surface area contributed by atoms with E-state index >= 15 is 0 Å². The Morgan fingerprint density at radius 3 is 2.48 bits per heavy atom. The summed E-state index contributed by atoms with van der Waals surface area (Å²) in [5.74, 6) is 0.751. The second-order valence-electron chi connectivity index (χ2n) is 5.20. The number of hydrogen-bond acceptors (Lipinski definition) is 2. The predicted molar refractivity (Wildman–Crippen MR) is 85.6 cm³/mol. The molecule has 0 aliphatic carbocycles. The third-order valence-corrected chi connectivity index (χ3v) is 3.86. The van der Waals surface area contributed by atoms with Crippen molar-refractivity contribution in [3.8, 4) is 0 Å². The molecule has 0 bridgehead atoms. The van der Waals surface area contributed by atoms with Crippen LogP contribution >= 0.6 is 0 Å². The van der Waals surface area contributed by atoms with Gasteiger partial charge in [-0.25, -0.2) is 4.99 Å². The number of fused-ring (bicyclic) bond motifs is 1. The predicted octanol–water partition coefficient (Wildman–Crippen LogP) is 4.36. The Bertz CT molecular complexity index is 803. The maximum atomic E-state index is 5.86. The van der Waals surface area contributed by atoms with E-state index in [0.717, 1.165) is 11.5 Å². The van der Waals surface area contributed by atoms with Crippen LogP contribution in [0, 0.1) is 0 Å². The Morgan fingerprint density at radius 1 is 0.810 bits per heavy atom. The maximum absolute atomic E-state index is 5.86. The SMILES string of the molecule is c1ccc(C2COC(c3cccc4ccccc34)=N2)cc1. The van der Waals surface area contributed by atoms with E-state index in [4.69, 9.17) is 9.73 Å². The van der Waals surface area contributed by atoms with Gasteiger partial charge in [0, 0.05) is 5.56 Å². The highest BCUT2D eigenvalue weighted by Gasteiger charge is 2.22. The van der Waals surface area contributed by atoms with Crippen molar-refractivity contribution in [3.05, 3.63) is 83.9 Å². The summed E-state index contributed by atoms with van der Waals surface area (Å²) in [6.45, 7) is 0.614. The molecule has 1 aliphatic heterocycles. The molecule has 0 amide bonds. The first kappa shape index (κ1) is 12.2. The highest BCUT2D eigenvalue weighted by Crippen LogP contribution is 2.27. The number of nitrogens with zero attached hydrogens (tertiary/aromatic N) is 1. The lowest BCUT2D eigenvalue weighted by atomic mass is 10.0. The largest absolute Gasteiger partial charge is 0.475 e. The van der Waals surface area contributed by atoms with Crippen LogP contribution in [-0.2, 0) is 4.74 Å². The minimum absolute atomic E-state index is 0.0974. The van der Waals surface area contributed by atoms with Crippen LogP contribution in [0.2, 0.25) is 0 Å². The van der Waals surface area contributed by atoms with Gasteiger partial charge in [0.1, 0.15) is 12.6 Å². The lowest BCUT2D eigenvalue weighted by Gasteiger charge is -2.05. The summed E-state index contributed by atoms with van der Waals surface area (Å²) in [4.78, 5) is 4.77. The fourth-order valence-corrected chi connectivity index (χ4v) is 2.78. The second-order valence-corrected chi connectivity index (χ2v) is 5.20. The molecule has 0 N–H and O–H groups in total. The zero-order chi connectivity index (χ0) is 14.1. The van der Waals surface area contributed by atoms with Crippen LogP contribution in [0.4, 0.5) is 0 Å². The van der Waals surface area contributed by atoms with E-state index in [-0.39, 0.29) is 6.04 Å². The van der Waals surface area contributed by atoms with Crippen LogP contribution in [0.15, 0.2) is 77.8 Å². The molecular formula is C19H15NO. The first-order valence-electron chi connectivity index (χ1n) is 7.15. The quantitative estimate of drug-likeness (QED) is 0.680. The summed E-state index contributed by atoms with van der Waals surface area (Å²) in [7, 11) is 0. The molecule has 0 spiro atoms. The lowest BCUT2D eigenvalue weighted by Crippen LogP contribution is -2.02. The van der Waals surface area contributed by atoms with Crippen molar-refractivity contribution < 1.29 is 4.74 Å². The molecule has 1 atom stereocenters. The molecule has 0 saturated carbocycles. The number of benzene rings is 3. The zero-order valence-corrected chi connectivity index (χ0v) is 11.6. The minimum Gasteiger partial charge on any atom is -0.475 e. The summed E-state index contributed by atoms with van der Waals surface area (Å²) in [6.07, 6.45) is 0. The third-order valence-electron chi connectivity index (χ3n) is 3.86. The van der Waals surface area contributed by atoms with Gasteiger partial charge in [-0.3, -0.25) is 0 Å². The topological polar surface area (TPSA) is 21.6 Å². The van der Waals surface area contributed by atoms with Gasteiger partial charge in [-0.1, -0.05) is 66.7 Å². The van der Waals surface area contributed by atoms with Crippen LogP contribution in [0.3, 0.4) is 0 Å². The summed E-state index contributed by atoms with van der Waals surface area (Å²) in [5, 5.41) is 2.40. The monoisotopic (exact) mass is 273 g/mol. The molecule has 2 heteroatoms. The molecule has 2 nitrogen and oxygen atoms in total. The molecule has 4 rings (SSSR count). The summed E-state index contributed by atoms with van der Waals surface area (Å²) in [6, 6.07) is 25.0. The third kappa shape index (κ3) is 2.19. The average molecular weight is 273 g/mol. The summed E-state index contributed by atoms with van der Waals surface area (Å²) >= 11 is 0. The molecule has 3 aromatic rings. The van der Waals surface area contributed by atoms with Gasteiger partial charge in [-0.05, 0) is 22.4 Å². The number of ether oxygens (including phenoxy) is 1. The molecule has 21 heavy (non-hydrogen) atoms. The van der Waals surface area contributed by atoms with Crippen LogP contribution in [0.5, 0.6) is 0 Å². The van der Waals surface area contributed by atoms with Gasteiger partial charge in [0.2, 0.25) is 5.90 Å². The fourth-order valence-electron chi connectivity index (χ4n) is 2.78. The fraction of sp³-hybridized carbons (Fsp3) is 0.105. The molecule has 102 valence electrons. The summed E-state index contributed by atoms with van der Waals surface area (Å²) in [5.41, 5.74) is 2.28. The van der Waals surface area contributed by atoms with Gasteiger partial charge in [-0.15, -0.1) is 0 Å². The van der Waals surface area contributed by atoms with Crippen molar-refractivity contribution in [2.45, 2.75) is 6.04 Å². The Morgan fingerprint density at radius 2 is 1.57 bits per heavy atom. The van der Waals surface area contributed by atoms with Crippen LogP contribution in [-0.4, -0.2) is 12.5 Å². The van der Waals surface area contributed by atoms with Gasteiger partial charge >= 0.3 is 0 Å². The number of hydrogen-bond donors (Lipinski definition) is 0. The Balaban J connectivity index is 1.77. The van der Waals surface area contributed by atoms with Crippen molar-refractivity contribution in [3.63, 3.8) is 0 Å². The van der Waals surface area contributed by atoms with Crippen molar-refractivity contribution in [1.82, 2.24) is 0 Å². The normalized spacial score (nSPS) is 17.5. The highest BCUT2D eigenvalue weighted by molar-refractivity contribution is 6.07. The van der Waals surface area contributed by atoms with Crippen molar-refractivity contribution in [2.24, 2.45) is 4.99 Å². The van der Waals surface area contributed by atoms with Crippen LogP contribution < -0.4 is 0 Å². The Labute approximate surface area is 123 Å². The van der Waals surface area contributed by atoms with E-state index in [1.54, 1.807) is 0 Å². The van der Waals surface area contributed by atoms with Crippen molar-refractivity contribution in [1.29, 1.82) is 0 Å². The average Bonchev–Trinajstić information content (AvgIpc) is 3.05. The maximum Gasteiger partial charge on any atom is 0.217 e. The Kier molecular flexibility index (Phi) is 2.93. The molecule has 1 heterocycles. The molecular weight excluding hydrogens is 258 g/mol. The van der Waals surface area contributed by atoms with E-state index < -0.39 is 0 Å². The number of aliphatic imine (C=N–C) groups is 1.